The Balaban J connectivity index is 1.48. The summed E-state index contributed by atoms with van der Waals surface area (Å²) in [6, 6.07) is 9.94. The van der Waals surface area contributed by atoms with Crippen molar-refractivity contribution in [1.82, 2.24) is 5.32 Å². The van der Waals surface area contributed by atoms with Crippen LogP contribution in [0.1, 0.15) is 29.6 Å². The van der Waals surface area contributed by atoms with Gasteiger partial charge in [0.05, 0.1) is 34.5 Å². The van der Waals surface area contributed by atoms with E-state index in [0.717, 1.165) is 31.6 Å². The molecule has 2 heterocycles. The maximum Gasteiger partial charge on any atom is 0.293 e. The smallest absolute Gasteiger partial charge is 0.293 e. The summed E-state index contributed by atoms with van der Waals surface area (Å²) < 4.78 is 5.32. The number of anilines is 3. The maximum atomic E-state index is 12.8. The first kappa shape index (κ1) is 24.2. The van der Waals surface area contributed by atoms with Crippen molar-refractivity contribution >= 4 is 57.6 Å². The third kappa shape index (κ3) is 5.57. The van der Waals surface area contributed by atoms with Gasteiger partial charge in [-0.15, -0.1) is 0 Å². The van der Waals surface area contributed by atoms with Crippen molar-refractivity contribution in [2.45, 2.75) is 19.3 Å². The Labute approximate surface area is 208 Å². The van der Waals surface area contributed by atoms with Gasteiger partial charge in [-0.05, 0) is 55.7 Å². The van der Waals surface area contributed by atoms with Crippen molar-refractivity contribution in [3.8, 4) is 0 Å². The molecule has 0 aliphatic carbocycles. The molecule has 180 valence electrons. The van der Waals surface area contributed by atoms with Gasteiger partial charge < -0.3 is 19.9 Å². The second-order valence-corrected chi connectivity index (χ2v) is 8.97. The molecule has 0 saturated carbocycles. The Kier molecular flexibility index (Phi) is 7.81. The topological polar surface area (TPSA) is 100.0 Å². The Morgan fingerprint density at radius 3 is 2.50 bits per heavy atom. The van der Waals surface area contributed by atoms with E-state index >= 15 is 0 Å². The summed E-state index contributed by atoms with van der Waals surface area (Å²) in [7, 11) is 0. The number of nitrogens with one attached hydrogen (secondary N) is 2. The molecule has 34 heavy (non-hydrogen) atoms. The van der Waals surface area contributed by atoms with Crippen LogP contribution in [0.25, 0.3) is 0 Å². The minimum absolute atomic E-state index is 0.0884. The fourth-order valence-corrected chi connectivity index (χ4v) is 4.76. The highest BCUT2D eigenvalue weighted by molar-refractivity contribution is 7.80. The molecular formula is C23H26ClN5O4S. The number of nitro benzene ring substituents is 1. The minimum atomic E-state index is -0.532. The van der Waals surface area contributed by atoms with E-state index in [2.05, 4.69) is 15.5 Å². The molecule has 0 bridgehead atoms. The van der Waals surface area contributed by atoms with Crippen molar-refractivity contribution in [1.29, 1.82) is 0 Å². The molecule has 0 unspecified atom stereocenters. The first-order valence-electron chi connectivity index (χ1n) is 11.2. The fraction of sp³-hybridized carbons (Fsp3) is 0.391. The Morgan fingerprint density at radius 2 is 1.79 bits per heavy atom. The van der Waals surface area contributed by atoms with Crippen LogP contribution in [0.4, 0.5) is 22.7 Å². The van der Waals surface area contributed by atoms with Crippen molar-refractivity contribution < 1.29 is 14.5 Å². The Hall–Kier alpha value is -2.95. The molecule has 2 aromatic rings. The lowest BCUT2D eigenvalue weighted by Gasteiger charge is -2.31. The van der Waals surface area contributed by atoms with Gasteiger partial charge in [-0.25, -0.2) is 0 Å². The van der Waals surface area contributed by atoms with Crippen molar-refractivity contribution in [3.63, 3.8) is 0 Å². The van der Waals surface area contributed by atoms with Crippen LogP contribution in [0.3, 0.4) is 0 Å². The number of hydrogen-bond donors (Lipinski definition) is 2. The van der Waals surface area contributed by atoms with E-state index in [-0.39, 0.29) is 16.4 Å². The summed E-state index contributed by atoms with van der Waals surface area (Å²) in [6.45, 7) is 3.91. The third-order valence-corrected chi connectivity index (χ3v) is 6.43. The second kappa shape index (κ2) is 11.0. The monoisotopic (exact) mass is 503 g/mol. The van der Waals surface area contributed by atoms with Crippen LogP contribution < -0.4 is 20.4 Å². The predicted molar refractivity (Wildman–Crippen MR) is 137 cm³/mol. The number of rotatable bonds is 5. The molecule has 2 aliphatic rings. The van der Waals surface area contributed by atoms with E-state index in [1.165, 1.54) is 12.5 Å². The molecule has 9 nitrogen and oxygen atoms in total. The van der Waals surface area contributed by atoms with E-state index < -0.39 is 10.8 Å². The van der Waals surface area contributed by atoms with Gasteiger partial charge in [-0.1, -0.05) is 17.7 Å². The van der Waals surface area contributed by atoms with Crippen LogP contribution in [-0.4, -0.2) is 55.3 Å². The number of morpholine rings is 1. The average Bonchev–Trinajstić information content (AvgIpc) is 2.84. The molecule has 2 aromatic carbocycles. The van der Waals surface area contributed by atoms with Gasteiger partial charge in [0, 0.05) is 37.8 Å². The molecule has 11 heteroatoms. The molecule has 1 amide bonds. The van der Waals surface area contributed by atoms with Gasteiger partial charge in [0.15, 0.2) is 5.11 Å². The third-order valence-electron chi connectivity index (χ3n) is 5.92. The highest BCUT2D eigenvalue weighted by Gasteiger charge is 2.24. The number of ether oxygens (including phenoxy) is 1. The minimum Gasteiger partial charge on any atom is -0.378 e. The summed E-state index contributed by atoms with van der Waals surface area (Å²) in [5, 5.41) is 18.1. The Morgan fingerprint density at radius 1 is 1.06 bits per heavy atom. The van der Waals surface area contributed by atoms with E-state index in [9.17, 15) is 14.9 Å². The number of nitrogens with zero attached hydrogens (tertiary/aromatic N) is 3. The quantitative estimate of drug-likeness (QED) is 0.356. The first-order valence-corrected chi connectivity index (χ1v) is 12.0. The van der Waals surface area contributed by atoms with Gasteiger partial charge >= 0.3 is 0 Å². The van der Waals surface area contributed by atoms with Crippen LogP contribution in [0, 0.1) is 10.1 Å². The largest absolute Gasteiger partial charge is 0.378 e. The van der Waals surface area contributed by atoms with Crippen LogP contribution >= 0.6 is 23.8 Å². The molecule has 4 rings (SSSR count). The van der Waals surface area contributed by atoms with Gasteiger partial charge in [0.1, 0.15) is 5.69 Å². The molecular weight excluding hydrogens is 478 g/mol. The molecule has 0 spiro atoms. The lowest BCUT2D eigenvalue weighted by atomic mass is 10.1. The number of carbonyl (C=O) groups is 1. The van der Waals surface area contributed by atoms with E-state index in [0.29, 0.717) is 42.7 Å². The predicted octanol–water partition coefficient (Wildman–Crippen LogP) is 4.20. The number of thiocarbonyl (C=S) groups is 1. The van der Waals surface area contributed by atoms with Gasteiger partial charge in [0.2, 0.25) is 0 Å². The lowest BCUT2D eigenvalue weighted by molar-refractivity contribution is -0.384. The highest BCUT2D eigenvalue weighted by atomic mass is 35.5. The van der Waals surface area contributed by atoms with Crippen LogP contribution in [0.15, 0.2) is 36.4 Å². The van der Waals surface area contributed by atoms with E-state index in [4.69, 9.17) is 28.6 Å². The van der Waals surface area contributed by atoms with Crippen molar-refractivity contribution in [3.05, 3.63) is 57.1 Å². The first-order chi connectivity index (χ1) is 16.4. The SMILES string of the molecule is O=C(NC(=S)Nc1cccc(Cl)c1N1CCCCC1)c1ccc(N2CCOCC2)c([N+](=O)[O-])c1. The van der Waals surface area contributed by atoms with E-state index in [1.54, 1.807) is 12.1 Å². The summed E-state index contributed by atoms with van der Waals surface area (Å²) in [5.41, 5.74) is 2.04. The summed E-state index contributed by atoms with van der Waals surface area (Å²) in [6.07, 6.45) is 3.37. The van der Waals surface area contributed by atoms with Crippen LogP contribution in [-0.2, 0) is 4.74 Å². The number of halogens is 1. The summed E-state index contributed by atoms with van der Waals surface area (Å²) in [4.78, 5) is 28.1. The molecule has 2 saturated heterocycles. The molecule has 0 aromatic heterocycles. The number of carbonyl (C=O) groups excluding carboxylic acids is 1. The molecule has 2 fully saturated rings. The molecule has 2 aliphatic heterocycles. The zero-order valence-electron chi connectivity index (χ0n) is 18.6. The van der Waals surface area contributed by atoms with E-state index in [1.807, 2.05) is 23.1 Å². The van der Waals surface area contributed by atoms with Crippen molar-refractivity contribution in [2.24, 2.45) is 0 Å². The summed E-state index contributed by atoms with van der Waals surface area (Å²) in [5.74, 6) is -0.532. The zero-order chi connectivity index (χ0) is 24.1. The van der Waals surface area contributed by atoms with Crippen molar-refractivity contribution in [2.75, 3.05) is 54.5 Å². The number of hydrogen-bond acceptors (Lipinski definition) is 7. The normalized spacial score (nSPS) is 16.1. The highest BCUT2D eigenvalue weighted by Crippen LogP contribution is 2.35. The standard InChI is InChI=1S/C23H26ClN5O4S/c24-17-5-4-6-18(21(17)28-9-2-1-3-10-28)25-23(34)26-22(30)16-7-8-19(20(15-16)29(31)32)27-11-13-33-14-12-27/h4-8,15H,1-3,9-14H2,(H2,25,26,30,34). The van der Waals surface area contributed by atoms with Gasteiger partial charge in [-0.2, -0.15) is 0 Å². The fourth-order valence-electron chi connectivity index (χ4n) is 4.27. The van der Waals surface area contributed by atoms with Gasteiger partial charge in [0.25, 0.3) is 11.6 Å². The van der Waals surface area contributed by atoms with Gasteiger partial charge in [-0.3, -0.25) is 20.2 Å². The summed E-state index contributed by atoms with van der Waals surface area (Å²) >= 11 is 11.9. The number of para-hydroxylation sites is 1. The maximum absolute atomic E-state index is 12.8. The zero-order valence-corrected chi connectivity index (χ0v) is 20.2. The molecule has 2 N–H and O–H groups in total. The average molecular weight is 504 g/mol. The number of benzene rings is 2. The second-order valence-electron chi connectivity index (χ2n) is 8.15. The number of nitro groups is 1. The number of piperidine rings is 1. The Bertz CT molecular complexity index is 1090. The molecule has 0 atom stereocenters. The lowest BCUT2D eigenvalue weighted by Crippen LogP contribution is -2.37. The van der Waals surface area contributed by atoms with Crippen LogP contribution in [0.2, 0.25) is 5.02 Å². The van der Waals surface area contributed by atoms with Crippen LogP contribution in [0.5, 0.6) is 0 Å². The molecule has 0 radical (unpaired) electrons. The number of amides is 1.